The summed E-state index contributed by atoms with van der Waals surface area (Å²) in [5.41, 5.74) is 6.52. The summed E-state index contributed by atoms with van der Waals surface area (Å²) in [7, 11) is 0. The summed E-state index contributed by atoms with van der Waals surface area (Å²) in [4.78, 5) is 3.38. The lowest BCUT2D eigenvalue weighted by Gasteiger charge is -2.06. The van der Waals surface area contributed by atoms with E-state index in [4.69, 9.17) is 10.5 Å². The third-order valence-corrected chi connectivity index (χ3v) is 3.61. The monoisotopic (exact) mass is 368 g/mol. The number of nitrogens with zero attached hydrogens (tertiary/aromatic N) is 2. The van der Waals surface area contributed by atoms with E-state index in [1.54, 1.807) is 0 Å². The van der Waals surface area contributed by atoms with Crippen LogP contribution in [-0.2, 0) is 12.7 Å². The predicted octanol–water partition coefficient (Wildman–Crippen LogP) is 3.27. The highest BCUT2D eigenvalue weighted by Crippen LogP contribution is 2.27. The van der Waals surface area contributed by atoms with Gasteiger partial charge < -0.3 is 10.5 Å². The van der Waals surface area contributed by atoms with Crippen LogP contribution in [0.4, 0.5) is 13.2 Å². The molecule has 0 saturated heterocycles. The second-order valence-electron chi connectivity index (χ2n) is 4.36. The predicted molar refractivity (Wildman–Crippen MR) is 83.8 cm³/mol. The normalized spacial score (nSPS) is 11.1. The molecule has 0 unspecified atom stereocenters. The van der Waals surface area contributed by atoms with Crippen molar-refractivity contribution in [2.24, 2.45) is 5.73 Å². The van der Waals surface area contributed by atoms with Gasteiger partial charge in [-0.05, 0) is 24.1 Å². The fourth-order valence-electron chi connectivity index (χ4n) is 1.57. The molecule has 0 spiro atoms. The molecule has 10 heteroatoms. The number of aromatic nitrogens is 3. The molecule has 0 aliphatic heterocycles. The van der Waals surface area contributed by atoms with Gasteiger partial charge in [0, 0.05) is 12.3 Å². The van der Waals surface area contributed by atoms with Crippen LogP contribution in [0, 0.1) is 0 Å². The molecule has 0 radical (unpaired) electrons. The summed E-state index contributed by atoms with van der Waals surface area (Å²) in [6.45, 7) is 0.943. The molecule has 3 N–H and O–H groups in total. The number of nitrogens with two attached hydrogens (primary N) is 1. The topological polar surface area (TPSA) is 76.8 Å². The van der Waals surface area contributed by atoms with Crippen molar-refractivity contribution in [2.75, 3.05) is 12.4 Å². The lowest BCUT2D eigenvalue weighted by Crippen LogP contribution is -2.07. The number of ether oxygens (including phenoxy) is 1. The fraction of sp³-hybridized carbons (Fsp3) is 0.385. The summed E-state index contributed by atoms with van der Waals surface area (Å²) in [5, 5.41) is 5.47. The Bertz CT molecular complexity index is 592. The largest absolute Gasteiger partial charge is 0.494 e. The van der Waals surface area contributed by atoms with Gasteiger partial charge >= 0.3 is 6.18 Å². The number of aromatic amines is 1. The van der Waals surface area contributed by atoms with Gasteiger partial charge in [0.1, 0.15) is 5.75 Å². The van der Waals surface area contributed by atoms with Crippen LogP contribution < -0.4 is 10.5 Å². The molecule has 0 amide bonds. The van der Waals surface area contributed by atoms with Crippen molar-refractivity contribution in [3.63, 3.8) is 0 Å². The van der Waals surface area contributed by atoms with Crippen LogP contribution in [0.15, 0.2) is 29.4 Å². The van der Waals surface area contributed by atoms with Gasteiger partial charge in [-0.15, -0.1) is 17.5 Å². The van der Waals surface area contributed by atoms with Gasteiger partial charge in [0.05, 0.1) is 6.61 Å². The lowest BCUT2D eigenvalue weighted by molar-refractivity contribution is -0.144. The summed E-state index contributed by atoms with van der Waals surface area (Å²) < 4.78 is 42.5. The molecule has 2 rings (SSSR count). The second kappa shape index (κ2) is 8.99. The van der Waals surface area contributed by atoms with E-state index < -0.39 is 12.0 Å². The van der Waals surface area contributed by atoms with E-state index >= 15 is 0 Å². The Morgan fingerprint density at radius 3 is 2.48 bits per heavy atom. The maximum Gasteiger partial charge on any atom is 0.451 e. The second-order valence-corrected chi connectivity index (χ2v) is 5.42. The van der Waals surface area contributed by atoms with Crippen molar-refractivity contribution < 1.29 is 17.9 Å². The number of hydrogen-bond acceptors (Lipinski definition) is 5. The van der Waals surface area contributed by atoms with E-state index in [0.29, 0.717) is 25.3 Å². The first kappa shape index (κ1) is 19.6. The number of thioether (sulfide) groups is 1. The van der Waals surface area contributed by atoms with E-state index in [2.05, 4.69) is 10.1 Å². The standard InChI is InChI=1S/C13H15F3N4OS.ClH/c14-13(15,16)11-18-12(20-19-11)22-7-1-6-21-10-4-2-9(8-17)3-5-10;/h2-5H,1,6-8,17H2,(H,18,19,20);1H. The average Bonchev–Trinajstić information content (AvgIpc) is 2.96. The molecule has 23 heavy (non-hydrogen) atoms. The highest BCUT2D eigenvalue weighted by molar-refractivity contribution is 7.99. The number of rotatable bonds is 7. The van der Waals surface area contributed by atoms with Gasteiger partial charge in [0.25, 0.3) is 0 Å². The molecule has 128 valence electrons. The summed E-state index contributed by atoms with van der Waals surface area (Å²) in [6, 6.07) is 7.44. The van der Waals surface area contributed by atoms with Crippen LogP contribution in [0.25, 0.3) is 0 Å². The summed E-state index contributed by atoms with van der Waals surface area (Å²) >= 11 is 1.15. The first-order valence-corrected chi connectivity index (χ1v) is 7.52. The molecule has 0 saturated carbocycles. The molecule has 0 atom stereocenters. The van der Waals surface area contributed by atoms with E-state index in [-0.39, 0.29) is 17.6 Å². The third kappa shape index (κ3) is 6.28. The van der Waals surface area contributed by atoms with Gasteiger partial charge in [-0.1, -0.05) is 23.9 Å². The maximum absolute atomic E-state index is 12.3. The van der Waals surface area contributed by atoms with E-state index in [0.717, 1.165) is 23.1 Å². The lowest BCUT2D eigenvalue weighted by atomic mass is 10.2. The number of H-pyrrole nitrogens is 1. The third-order valence-electron chi connectivity index (χ3n) is 2.68. The van der Waals surface area contributed by atoms with Crippen molar-refractivity contribution in [2.45, 2.75) is 24.3 Å². The van der Waals surface area contributed by atoms with Crippen LogP contribution in [-0.4, -0.2) is 27.5 Å². The molecule has 1 aromatic carbocycles. The van der Waals surface area contributed by atoms with E-state index in [1.165, 1.54) is 0 Å². The molecular weight excluding hydrogens is 353 g/mol. The van der Waals surface area contributed by atoms with Crippen LogP contribution in [0.5, 0.6) is 5.75 Å². The highest BCUT2D eigenvalue weighted by Gasteiger charge is 2.35. The zero-order chi connectivity index (χ0) is 16.0. The Hall–Kier alpha value is -1.45. The minimum atomic E-state index is -4.50. The molecular formula is C13H16ClF3N4OS. The summed E-state index contributed by atoms with van der Waals surface area (Å²) in [6.07, 6.45) is -3.83. The highest BCUT2D eigenvalue weighted by atomic mass is 35.5. The molecule has 2 aromatic rings. The number of benzene rings is 1. The van der Waals surface area contributed by atoms with Crippen LogP contribution in [0.1, 0.15) is 17.8 Å². The molecule has 1 aromatic heterocycles. The summed E-state index contributed by atoms with van der Waals surface area (Å²) in [5.74, 6) is 0.224. The molecule has 0 fully saturated rings. The SMILES string of the molecule is Cl.NCc1ccc(OCCCSc2n[nH]c(C(F)(F)F)n2)cc1. The van der Waals surface area contributed by atoms with Gasteiger partial charge in [-0.2, -0.15) is 18.2 Å². The molecule has 0 aliphatic rings. The Morgan fingerprint density at radius 2 is 1.91 bits per heavy atom. The number of halogens is 4. The first-order valence-electron chi connectivity index (χ1n) is 6.53. The Balaban J connectivity index is 0.00000264. The quantitative estimate of drug-likeness (QED) is 0.579. The number of hydrogen-bond donors (Lipinski definition) is 2. The minimum Gasteiger partial charge on any atom is -0.494 e. The van der Waals surface area contributed by atoms with Crippen molar-refractivity contribution in [3.05, 3.63) is 35.7 Å². The molecule has 0 aliphatic carbocycles. The van der Waals surface area contributed by atoms with E-state index in [9.17, 15) is 13.2 Å². The first-order chi connectivity index (χ1) is 10.5. The van der Waals surface area contributed by atoms with Crippen molar-refractivity contribution in [3.8, 4) is 5.75 Å². The average molecular weight is 369 g/mol. The van der Waals surface area contributed by atoms with Crippen molar-refractivity contribution >= 4 is 24.2 Å². The van der Waals surface area contributed by atoms with Crippen LogP contribution >= 0.6 is 24.2 Å². The van der Waals surface area contributed by atoms with Gasteiger partial charge in [-0.3, -0.25) is 5.10 Å². The maximum atomic E-state index is 12.3. The van der Waals surface area contributed by atoms with Crippen molar-refractivity contribution in [1.82, 2.24) is 15.2 Å². The zero-order valence-corrected chi connectivity index (χ0v) is 13.6. The number of alkyl halides is 3. The van der Waals surface area contributed by atoms with Crippen LogP contribution in [0.2, 0.25) is 0 Å². The molecule has 0 bridgehead atoms. The van der Waals surface area contributed by atoms with E-state index in [1.807, 2.05) is 29.4 Å². The fourth-order valence-corrected chi connectivity index (χ4v) is 2.28. The smallest absolute Gasteiger partial charge is 0.451 e. The van der Waals surface area contributed by atoms with Gasteiger partial charge in [-0.25, -0.2) is 0 Å². The van der Waals surface area contributed by atoms with Gasteiger partial charge in [0.15, 0.2) is 0 Å². The molecule has 5 nitrogen and oxygen atoms in total. The minimum absolute atomic E-state index is 0. The Morgan fingerprint density at radius 1 is 1.22 bits per heavy atom. The van der Waals surface area contributed by atoms with Crippen LogP contribution in [0.3, 0.4) is 0 Å². The Kier molecular flexibility index (Phi) is 7.66. The molecule has 1 heterocycles. The Labute approximate surface area is 141 Å². The zero-order valence-electron chi connectivity index (χ0n) is 12.0. The van der Waals surface area contributed by atoms with Gasteiger partial charge in [0.2, 0.25) is 11.0 Å². The number of nitrogens with one attached hydrogen (secondary N) is 1. The van der Waals surface area contributed by atoms with Crippen molar-refractivity contribution in [1.29, 1.82) is 0 Å².